The number of nitrogens with zero attached hydrogens (tertiary/aromatic N) is 3. The highest BCUT2D eigenvalue weighted by Crippen LogP contribution is 2.23. The lowest BCUT2D eigenvalue weighted by Gasteiger charge is -2.04. The second kappa shape index (κ2) is 4.64. The van der Waals surface area contributed by atoms with Crippen LogP contribution >= 0.6 is 23.8 Å². The van der Waals surface area contributed by atoms with Crippen molar-refractivity contribution in [2.24, 2.45) is 0 Å². The lowest BCUT2D eigenvalue weighted by atomic mass is 10.3. The van der Waals surface area contributed by atoms with Gasteiger partial charge in [-0.15, -0.1) is 0 Å². The van der Waals surface area contributed by atoms with E-state index >= 15 is 0 Å². The Balaban J connectivity index is 2.32. The molecule has 0 amide bonds. The Hall–Kier alpha value is -1.92. The van der Waals surface area contributed by atoms with E-state index < -0.39 is 0 Å². The molecule has 0 unspecified atom stereocenters. The summed E-state index contributed by atoms with van der Waals surface area (Å²) >= 11 is 11.2. The standard InChI is InChI=1S/C12H9ClN4OS/c1-18-11-9-10(14-6-15-11)17(12(19)16-9)8-4-2-7(13)3-5-8/h2-6H,1H3,(H,16,19). The van der Waals surface area contributed by atoms with E-state index in [1.165, 1.54) is 6.33 Å². The molecule has 5 nitrogen and oxygen atoms in total. The minimum Gasteiger partial charge on any atom is -0.479 e. The molecule has 2 heterocycles. The Labute approximate surface area is 118 Å². The van der Waals surface area contributed by atoms with Gasteiger partial charge in [-0.3, -0.25) is 4.57 Å². The number of aromatic amines is 1. The number of rotatable bonds is 2. The van der Waals surface area contributed by atoms with Crippen molar-refractivity contribution in [3.63, 3.8) is 0 Å². The Morgan fingerprint density at radius 1 is 1.26 bits per heavy atom. The van der Waals surface area contributed by atoms with Crippen molar-refractivity contribution in [2.45, 2.75) is 0 Å². The zero-order valence-electron chi connectivity index (χ0n) is 9.92. The molecule has 0 saturated heterocycles. The molecule has 1 N–H and O–H groups in total. The zero-order chi connectivity index (χ0) is 13.4. The van der Waals surface area contributed by atoms with Crippen LogP contribution in [0.5, 0.6) is 5.88 Å². The maximum atomic E-state index is 5.89. The molecule has 3 aromatic rings. The van der Waals surface area contributed by atoms with Gasteiger partial charge in [0.25, 0.3) is 0 Å². The third kappa shape index (κ3) is 1.98. The van der Waals surface area contributed by atoms with Crippen molar-refractivity contribution < 1.29 is 4.74 Å². The highest BCUT2D eigenvalue weighted by atomic mass is 35.5. The molecular weight excluding hydrogens is 284 g/mol. The number of imidazole rings is 1. The molecule has 0 aliphatic heterocycles. The summed E-state index contributed by atoms with van der Waals surface area (Å²) in [7, 11) is 1.55. The predicted molar refractivity (Wildman–Crippen MR) is 75.6 cm³/mol. The van der Waals surface area contributed by atoms with Gasteiger partial charge in [0.05, 0.1) is 12.8 Å². The van der Waals surface area contributed by atoms with E-state index in [1.54, 1.807) is 19.2 Å². The summed E-state index contributed by atoms with van der Waals surface area (Å²) < 4.78 is 7.52. The van der Waals surface area contributed by atoms with Gasteiger partial charge in [0.1, 0.15) is 11.8 Å². The SMILES string of the molecule is COc1ncnc2c1[nH]c(=S)n2-c1ccc(Cl)cc1. The fourth-order valence-corrected chi connectivity index (χ4v) is 2.30. The molecule has 0 fully saturated rings. The number of ether oxygens (including phenoxy) is 1. The van der Waals surface area contributed by atoms with Gasteiger partial charge in [-0.2, -0.15) is 4.98 Å². The van der Waals surface area contributed by atoms with Gasteiger partial charge in [-0.1, -0.05) is 11.6 Å². The van der Waals surface area contributed by atoms with E-state index in [-0.39, 0.29) is 0 Å². The normalized spacial score (nSPS) is 10.8. The fraction of sp³-hybridized carbons (Fsp3) is 0.0833. The predicted octanol–water partition coefficient (Wildman–Crippen LogP) is 3.14. The number of benzene rings is 1. The number of methoxy groups -OCH3 is 1. The van der Waals surface area contributed by atoms with Crippen LogP contribution in [0.2, 0.25) is 5.02 Å². The highest BCUT2D eigenvalue weighted by molar-refractivity contribution is 7.71. The first-order chi connectivity index (χ1) is 9.20. The average Bonchev–Trinajstić information content (AvgIpc) is 2.76. The van der Waals surface area contributed by atoms with Gasteiger partial charge in [0, 0.05) is 5.02 Å². The fourth-order valence-electron chi connectivity index (χ4n) is 1.88. The molecule has 19 heavy (non-hydrogen) atoms. The van der Waals surface area contributed by atoms with Gasteiger partial charge in [-0.05, 0) is 36.5 Å². The van der Waals surface area contributed by atoms with E-state index in [2.05, 4.69) is 15.0 Å². The summed E-state index contributed by atoms with van der Waals surface area (Å²) in [5.41, 5.74) is 2.21. The van der Waals surface area contributed by atoms with Crippen LogP contribution in [0.4, 0.5) is 0 Å². The molecule has 1 aromatic carbocycles. The summed E-state index contributed by atoms with van der Waals surface area (Å²) in [6.45, 7) is 0. The summed E-state index contributed by atoms with van der Waals surface area (Å²) in [5, 5.41) is 0.669. The summed E-state index contributed by atoms with van der Waals surface area (Å²) in [6.07, 6.45) is 1.44. The zero-order valence-corrected chi connectivity index (χ0v) is 11.5. The third-order valence-electron chi connectivity index (χ3n) is 2.72. The number of H-pyrrole nitrogens is 1. The maximum absolute atomic E-state index is 5.89. The van der Waals surface area contributed by atoms with E-state index in [9.17, 15) is 0 Å². The van der Waals surface area contributed by atoms with Gasteiger partial charge in [0.15, 0.2) is 10.4 Å². The minimum atomic E-state index is 0.462. The average molecular weight is 293 g/mol. The van der Waals surface area contributed by atoms with E-state index in [0.717, 1.165) is 5.69 Å². The molecule has 0 radical (unpaired) electrons. The Morgan fingerprint density at radius 3 is 2.68 bits per heavy atom. The van der Waals surface area contributed by atoms with Crippen molar-refractivity contribution in [1.29, 1.82) is 0 Å². The van der Waals surface area contributed by atoms with Crippen molar-refractivity contribution in [3.05, 3.63) is 40.4 Å². The van der Waals surface area contributed by atoms with Crippen molar-refractivity contribution in [1.82, 2.24) is 19.5 Å². The largest absolute Gasteiger partial charge is 0.479 e. The van der Waals surface area contributed by atoms with Crippen LogP contribution in [0.1, 0.15) is 0 Å². The molecule has 2 aromatic heterocycles. The second-order valence-electron chi connectivity index (χ2n) is 3.82. The second-order valence-corrected chi connectivity index (χ2v) is 4.65. The molecule has 7 heteroatoms. The topological polar surface area (TPSA) is 55.7 Å². The van der Waals surface area contributed by atoms with Crippen LogP contribution in [0, 0.1) is 4.77 Å². The van der Waals surface area contributed by atoms with Crippen LogP contribution in [0.25, 0.3) is 16.9 Å². The van der Waals surface area contributed by atoms with Gasteiger partial charge < -0.3 is 9.72 Å². The number of hydrogen-bond donors (Lipinski definition) is 1. The van der Waals surface area contributed by atoms with Gasteiger partial charge >= 0.3 is 0 Å². The summed E-state index contributed by atoms with van der Waals surface area (Å²) in [5.74, 6) is 0.462. The lowest BCUT2D eigenvalue weighted by Crippen LogP contribution is -1.96. The highest BCUT2D eigenvalue weighted by Gasteiger charge is 2.12. The lowest BCUT2D eigenvalue weighted by molar-refractivity contribution is 0.401. The number of halogens is 1. The molecule has 96 valence electrons. The van der Waals surface area contributed by atoms with E-state index in [1.807, 2.05) is 16.7 Å². The first kappa shape index (κ1) is 12.1. The number of fused-ring (bicyclic) bond motifs is 1. The maximum Gasteiger partial charge on any atom is 0.242 e. The van der Waals surface area contributed by atoms with E-state index in [0.29, 0.717) is 26.8 Å². The first-order valence-corrected chi connectivity index (χ1v) is 6.25. The number of nitrogens with one attached hydrogen (secondary N) is 1. The smallest absolute Gasteiger partial charge is 0.242 e. The van der Waals surface area contributed by atoms with Crippen molar-refractivity contribution in [3.8, 4) is 11.6 Å². The van der Waals surface area contributed by atoms with Crippen LogP contribution in [0.3, 0.4) is 0 Å². The minimum absolute atomic E-state index is 0.462. The van der Waals surface area contributed by atoms with Crippen LogP contribution < -0.4 is 4.74 Å². The van der Waals surface area contributed by atoms with Gasteiger partial charge in [-0.25, -0.2) is 4.98 Å². The monoisotopic (exact) mass is 292 g/mol. The molecule has 0 bridgehead atoms. The molecule has 0 aliphatic carbocycles. The summed E-state index contributed by atoms with van der Waals surface area (Å²) in [6, 6.07) is 7.35. The third-order valence-corrected chi connectivity index (χ3v) is 3.25. The Bertz CT molecular complexity index is 794. The van der Waals surface area contributed by atoms with Crippen LogP contribution in [-0.2, 0) is 0 Å². The first-order valence-electron chi connectivity index (χ1n) is 5.46. The van der Waals surface area contributed by atoms with Crippen molar-refractivity contribution in [2.75, 3.05) is 7.11 Å². The quantitative estimate of drug-likeness (QED) is 0.737. The van der Waals surface area contributed by atoms with E-state index in [4.69, 9.17) is 28.6 Å². The van der Waals surface area contributed by atoms with Crippen LogP contribution in [-0.4, -0.2) is 26.6 Å². The molecule has 0 spiro atoms. The molecule has 0 saturated carbocycles. The molecule has 3 rings (SSSR count). The molecule has 0 aliphatic rings. The van der Waals surface area contributed by atoms with Crippen molar-refractivity contribution >= 4 is 35.0 Å². The van der Waals surface area contributed by atoms with Gasteiger partial charge in [0.2, 0.25) is 5.88 Å². The molecule has 0 atom stereocenters. The summed E-state index contributed by atoms with van der Waals surface area (Å²) in [4.78, 5) is 11.3. The van der Waals surface area contributed by atoms with Crippen LogP contribution in [0.15, 0.2) is 30.6 Å². The molecular formula is C12H9ClN4OS. The number of aromatic nitrogens is 4. The Morgan fingerprint density at radius 2 is 2.00 bits per heavy atom. The number of hydrogen-bond acceptors (Lipinski definition) is 4. The Kier molecular flexibility index (Phi) is 2.96.